The molecule has 3 rings (SSSR count). The second kappa shape index (κ2) is 8.64. The monoisotopic (exact) mass is 340 g/mol. The van der Waals surface area contributed by atoms with Crippen molar-refractivity contribution in [3.05, 3.63) is 35.9 Å². The summed E-state index contributed by atoms with van der Waals surface area (Å²) in [6, 6.07) is 9.95. The Morgan fingerprint density at radius 1 is 1.30 bits per heavy atom. The molecule has 1 amide bonds. The molecule has 2 aliphatic heterocycles. The number of carbonyl (C=O) groups is 1. The molecule has 1 aromatic carbocycles. The minimum Gasteiger partial charge on any atom is -0.391 e. The van der Waals surface area contributed by atoms with Gasteiger partial charge in [0.05, 0.1) is 18.1 Å². The van der Waals surface area contributed by atoms with Crippen LogP contribution in [0.2, 0.25) is 0 Å². The molecule has 2 heterocycles. The predicted octanol–water partition coefficient (Wildman–Crippen LogP) is 1.27. The summed E-state index contributed by atoms with van der Waals surface area (Å²) in [6.07, 6.45) is 1.22. The molecule has 0 aliphatic carbocycles. The molecule has 0 bridgehead atoms. The van der Waals surface area contributed by atoms with Gasteiger partial charge in [-0.05, 0) is 18.4 Å². The van der Waals surface area contributed by atoms with Crippen LogP contribution in [-0.2, 0) is 9.53 Å². The zero-order valence-corrected chi connectivity index (χ0v) is 13.9. The van der Waals surface area contributed by atoms with Crippen molar-refractivity contribution in [2.24, 2.45) is 11.8 Å². The van der Waals surface area contributed by atoms with E-state index in [-0.39, 0.29) is 42.4 Å². The SMILES string of the molecule is Cl.O=C(NCC1CNCC1O)C1CCCOC1c1ccccc1. The maximum Gasteiger partial charge on any atom is 0.226 e. The Hall–Kier alpha value is -1.14. The first-order valence-corrected chi connectivity index (χ1v) is 8.09. The fourth-order valence-electron chi connectivity index (χ4n) is 3.31. The van der Waals surface area contributed by atoms with Crippen LogP contribution in [0.25, 0.3) is 0 Å². The average molecular weight is 341 g/mol. The maximum atomic E-state index is 12.6. The zero-order valence-electron chi connectivity index (χ0n) is 13.1. The second-order valence-electron chi connectivity index (χ2n) is 6.18. The Morgan fingerprint density at radius 2 is 2.09 bits per heavy atom. The van der Waals surface area contributed by atoms with Crippen molar-refractivity contribution in [3.63, 3.8) is 0 Å². The quantitative estimate of drug-likeness (QED) is 0.772. The maximum absolute atomic E-state index is 12.6. The van der Waals surface area contributed by atoms with E-state index in [4.69, 9.17) is 4.74 Å². The number of nitrogens with one attached hydrogen (secondary N) is 2. The number of aliphatic hydroxyl groups excluding tert-OH is 1. The van der Waals surface area contributed by atoms with Crippen molar-refractivity contribution in [2.45, 2.75) is 25.0 Å². The van der Waals surface area contributed by atoms with Crippen molar-refractivity contribution in [2.75, 3.05) is 26.2 Å². The summed E-state index contributed by atoms with van der Waals surface area (Å²) >= 11 is 0. The zero-order chi connectivity index (χ0) is 15.4. The highest BCUT2D eigenvalue weighted by Crippen LogP contribution is 2.33. The van der Waals surface area contributed by atoms with E-state index >= 15 is 0 Å². The Labute approximate surface area is 143 Å². The van der Waals surface area contributed by atoms with Crippen LogP contribution >= 0.6 is 12.4 Å². The largest absolute Gasteiger partial charge is 0.391 e. The third-order valence-electron chi connectivity index (χ3n) is 4.63. The lowest BCUT2D eigenvalue weighted by molar-refractivity contribution is -0.135. The summed E-state index contributed by atoms with van der Waals surface area (Å²) in [5.74, 6) is -0.0149. The highest BCUT2D eigenvalue weighted by Gasteiger charge is 2.34. The van der Waals surface area contributed by atoms with Gasteiger partial charge in [0.2, 0.25) is 5.91 Å². The molecule has 3 N–H and O–H groups in total. The average Bonchev–Trinajstić information content (AvgIpc) is 2.98. The lowest BCUT2D eigenvalue weighted by atomic mass is 9.88. The first-order valence-electron chi connectivity index (χ1n) is 8.09. The van der Waals surface area contributed by atoms with Gasteiger partial charge in [-0.25, -0.2) is 0 Å². The van der Waals surface area contributed by atoms with Gasteiger partial charge in [-0.1, -0.05) is 30.3 Å². The Balaban J connectivity index is 0.00000192. The third-order valence-corrected chi connectivity index (χ3v) is 4.63. The van der Waals surface area contributed by atoms with Gasteiger partial charge in [0.1, 0.15) is 0 Å². The smallest absolute Gasteiger partial charge is 0.226 e. The summed E-state index contributed by atoms with van der Waals surface area (Å²) < 4.78 is 5.87. The molecular weight excluding hydrogens is 316 g/mol. The summed E-state index contributed by atoms with van der Waals surface area (Å²) in [7, 11) is 0. The molecule has 0 aromatic heterocycles. The van der Waals surface area contributed by atoms with Gasteiger partial charge in [-0.3, -0.25) is 4.79 Å². The Kier molecular flexibility index (Phi) is 6.84. The van der Waals surface area contributed by atoms with Crippen LogP contribution in [-0.4, -0.2) is 43.4 Å². The van der Waals surface area contributed by atoms with Crippen LogP contribution in [0.4, 0.5) is 0 Å². The van der Waals surface area contributed by atoms with Crippen molar-refractivity contribution >= 4 is 18.3 Å². The number of ether oxygens (including phenoxy) is 1. The first kappa shape index (κ1) is 18.2. The number of rotatable bonds is 4. The van der Waals surface area contributed by atoms with Crippen molar-refractivity contribution in [3.8, 4) is 0 Å². The van der Waals surface area contributed by atoms with Gasteiger partial charge < -0.3 is 20.5 Å². The van der Waals surface area contributed by atoms with Crippen LogP contribution in [0.5, 0.6) is 0 Å². The molecule has 4 unspecified atom stereocenters. The molecule has 23 heavy (non-hydrogen) atoms. The van der Waals surface area contributed by atoms with Gasteiger partial charge in [0, 0.05) is 32.2 Å². The molecular formula is C17H25ClN2O3. The highest BCUT2D eigenvalue weighted by atomic mass is 35.5. The molecule has 4 atom stereocenters. The summed E-state index contributed by atoms with van der Waals surface area (Å²) in [5.41, 5.74) is 1.06. The number of β-amino-alcohol motifs (C(OH)–C–C–N with tert-alkyl or cyclic N) is 1. The van der Waals surface area contributed by atoms with Crippen molar-refractivity contribution in [1.29, 1.82) is 0 Å². The molecule has 128 valence electrons. The topological polar surface area (TPSA) is 70.6 Å². The minimum absolute atomic E-state index is 0. The molecule has 0 saturated carbocycles. The minimum atomic E-state index is -0.368. The molecule has 2 fully saturated rings. The normalized spacial score (nSPS) is 30.5. The van der Waals surface area contributed by atoms with Crippen LogP contribution < -0.4 is 10.6 Å². The molecule has 2 aliphatic rings. The molecule has 5 nitrogen and oxygen atoms in total. The van der Waals surface area contributed by atoms with Gasteiger partial charge in [-0.2, -0.15) is 0 Å². The standard InChI is InChI=1S/C17H24N2O3.ClH/c20-15-11-18-9-13(15)10-19-17(21)14-7-4-8-22-16(14)12-5-2-1-3-6-12;/h1-3,5-6,13-16,18,20H,4,7-11H2,(H,19,21);1H. The van der Waals surface area contributed by atoms with E-state index in [0.29, 0.717) is 19.7 Å². The van der Waals surface area contributed by atoms with Crippen LogP contribution in [0, 0.1) is 11.8 Å². The van der Waals surface area contributed by atoms with E-state index in [1.807, 2.05) is 30.3 Å². The molecule has 6 heteroatoms. The molecule has 0 spiro atoms. The number of amides is 1. The number of halogens is 1. The van der Waals surface area contributed by atoms with E-state index < -0.39 is 0 Å². The summed E-state index contributed by atoms with van der Waals surface area (Å²) in [6.45, 7) is 2.59. The predicted molar refractivity (Wildman–Crippen MR) is 90.5 cm³/mol. The molecule has 1 aromatic rings. The van der Waals surface area contributed by atoms with E-state index in [1.54, 1.807) is 0 Å². The first-order chi connectivity index (χ1) is 10.8. The van der Waals surface area contributed by atoms with Crippen LogP contribution in [0.3, 0.4) is 0 Å². The van der Waals surface area contributed by atoms with Crippen molar-refractivity contribution < 1.29 is 14.6 Å². The van der Waals surface area contributed by atoms with Gasteiger partial charge in [0.25, 0.3) is 0 Å². The third kappa shape index (κ3) is 4.44. The van der Waals surface area contributed by atoms with Crippen LogP contribution in [0.1, 0.15) is 24.5 Å². The molecule has 0 radical (unpaired) electrons. The number of aliphatic hydroxyl groups is 1. The number of carbonyl (C=O) groups excluding carboxylic acids is 1. The lowest BCUT2D eigenvalue weighted by Crippen LogP contribution is -2.41. The van der Waals surface area contributed by atoms with Gasteiger partial charge in [-0.15, -0.1) is 12.4 Å². The van der Waals surface area contributed by atoms with Gasteiger partial charge >= 0.3 is 0 Å². The summed E-state index contributed by atoms with van der Waals surface area (Å²) in [4.78, 5) is 12.6. The van der Waals surface area contributed by atoms with E-state index in [0.717, 1.165) is 24.9 Å². The van der Waals surface area contributed by atoms with Crippen LogP contribution in [0.15, 0.2) is 30.3 Å². The van der Waals surface area contributed by atoms with Gasteiger partial charge in [0.15, 0.2) is 0 Å². The van der Waals surface area contributed by atoms with E-state index in [9.17, 15) is 9.90 Å². The number of hydrogen-bond acceptors (Lipinski definition) is 4. The van der Waals surface area contributed by atoms with Crippen molar-refractivity contribution in [1.82, 2.24) is 10.6 Å². The second-order valence-corrected chi connectivity index (χ2v) is 6.18. The highest BCUT2D eigenvalue weighted by molar-refractivity contribution is 5.85. The Morgan fingerprint density at radius 3 is 2.78 bits per heavy atom. The summed E-state index contributed by atoms with van der Waals surface area (Å²) in [5, 5.41) is 15.9. The Bertz CT molecular complexity index is 500. The van der Waals surface area contributed by atoms with E-state index in [2.05, 4.69) is 10.6 Å². The fourth-order valence-corrected chi connectivity index (χ4v) is 3.31. The molecule has 2 saturated heterocycles. The number of hydrogen-bond donors (Lipinski definition) is 3. The lowest BCUT2D eigenvalue weighted by Gasteiger charge is -2.31. The van der Waals surface area contributed by atoms with E-state index in [1.165, 1.54) is 0 Å². The fraction of sp³-hybridized carbons (Fsp3) is 0.588. The number of benzene rings is 1.